The summed E-state index contributed by atoms with van der Waals surface area (Å²) in [6.45, 7) is 2.40. The van der Waals surface area contributed by atoms with E-state index in [1.807, 2.05) is 25.1 Å². The molecule has 2 heterocycles. The van der Waals surface area contributed by atoms with Crippen LogP contribution < -0.4 is 9.46 Å². The molecule has 0 radical (unpaired) electrons. The Bertz CT molecular complexity index is 918. The van der Waals surface area contributed by atoms with Gasteiger partial charge in [0.1, 0.15) is 15.5 Å². The maximum Gasteiger partial charge on any atom is 0.273 e. The minimum Gasteiger partial charge on any atom is -0.492 e. The zero-order chi connectivity index (χ0) is 15.7. The lowest BCUT2D eigenvalue weighted by Crippen LogP contribution is -2.11. The lowest BCUT2D eigenvalue weighted by atomic mass is 10.3. The Labute approximate surface area is 140 Å². The molecule has 5 nitrogen and oxygen atoms in total. The van der Waals surface area contributed by atoms with Crippen LogP contribution in [0.25, 0.3) is 10.2 Å². The van der Waals surface area contributed by atoms with E-state index in [-0.39, 0.29) is 4.21 Å². The molecule has 1 aromatic carbocycles. The third-order valence-corrected chi connectivity index (χ3v) is 6.84. The van der Waals surface area contributed by atoms with Crippen LogP contribution in [0.2, 0.25) is 4.34 Å². The number of rotatable bonds is 5. The number of nitrogens with zero attached hydrogens (tertiary/aromatic N) is 1. The molecule has 0 atom stereocenters. The summed E-state index contributed by atoms with van der Waals surface area (Å²) >= 11 is 8.04. The zero-order valence-electron chi connectivity index (χ0n) is 11.4. The van der Waals surface area contributed by atoms with Gasteiger partial charge in [0.05, 0.1) is 15.6 Å². The van der Waals surface area contributed by atoms with Crippen molar-refractivity contribution in [3.63, 3.8) is 0 Å². The number of halogens is 1. The van der Waals surface area contributed by atoms with Gasteiger partial charge in [-0.05, 0) is 31.2 Å². The quantitative estimate of drug-likeness (QED) is 0.726. The number of fused-ring (bicyclic) bond motifs is 1. The Hall–Kier alpha value is -1.35. The number of thiazole rings is 1. The molecule has 0 aliphatic rings. The molecule has 2 aromatic heterocycles. The number of ether oxygens (including phenoxy) is 1. The lowest BCUT2D eigenvalue weighted by Gasteiger charge is -2.02. The third kappa shape index (κ3) is 3.05. The van der Waals surface area contributed by atoms with Crippen LogP contribution >= 0.6 is 34.3 Å². The normalized spacial score (nSPS) is 11.7. The number of sulfonamides is 1. The highest BCUT2D eigenvalue weighted by Gasteiger charge is 2.19. The van der Waals surface area contributed by atoms with Crippen molar-refractivity contribution in [3.05, 3.63) is 34.7 Å². The van der Waals surface area contributed by atoms with Gasteiger partial charge in [-0.3, -0.25) is 4.72 Å². The van der Waals surface area contributed by atoms with Crippen LogP contribution in [0.15, 0.2) is 34.5 Å². The number of benzene rings is 1. The molecule has 0 spiro atoms. The number of hydrogen-bond acceptors (Lipinski definition) is 6. The van der Waals surface area contributed by atoms with E-state index >= 15 is 0 Å². The van der Waals surface area contributed by atoms with E-state index in [1.165, 1.54) is 17.4 Å². The second kappa shape index (κ2) is 6.04. The van der Waals surface area contributed by atoms with Gasteiger partial charge in [0.15, 0.2) is 5.13 Å². The van der Waals surface area contributed by atoms with E-state index in [4.69, 9.17) is 16.3 Å². The average Bonchev–Trinajstić information content (AvgIpc) is 3.05. The van der Waals surface area contributed by atoms with E-state index in [2.05, 4.69) is 9.71 Å². The van der Waals surface area contributed by atoms with Gasteiger partial charge in [-0.15, -0.1) is 11.3 Å². The Morgan fingerprint density at radius 1 is 1.27 bits per heavy atom. The summed E-state index contributed by atoms with van der Waals surface area (Å²) in [6, 6.07) is 8.54. The summed E-state index contributed by atoms with van der Waals surface area (Å²) in [5.41, 5.74) is 0.649. The Kier molecular flexibility index (Phi) is 4.26. The Balaban J connectivity index is 1.96. The Morgan fingerprint density at radius 3 is 2.77 bits per heavy atom. The van der Waals surface area contributed by atoms with Crippen LogP contribution in [0.3, 0.4) is 0 Å². The average molecular weight is 375 g/mol. The number of nitrogens with one attached hydrogen (secondary N) is 1. The molecule has 0 bridgehead atoms. The molecule has 3 aromatic rings. The summed E-state index contributed by atoms with van der Waals surface area (Å²) in [6.07, 6.45) is 0. The first-order valence-corrected chi connectivity index (χ1v) is 9.79. The Morgan fingerprint density at radius 2 is 2.09 bits per heavy atom. The second-order valence-corrected chi connectivity index (χ2v) is 8.87. The van der Waals surface area contributed by atoms with Crippen molar-refractivity contribution >= 4 is 59.6 Å². The van der Waals surface area contributed by atoms with Gasteiger partial charge < -0.3 is 4.74 Å². The van der Waals surface area contributed by atoms with Crippen LogP contribution in [0.4, 0.5) is 5.13 Å². The monoisotopic (exact) mass is 374 g/mol. The van der Waals surface area contributed by atoms with Crippen LogP contribution in [0.5, 0.6) is 5.75 Å². The molecule has 3 rings (SSSR count). The highest BCUT2D eigenvalue weighted by molar-refractivity contribution is 7.95. The maximum atomic E-state index is 12.3. The standard InChI is InChI=1S/C13H11ClN2O3S3/c1-2-19-8-4-3-5-9-12(8)15-13(20-9)16-22(17,18)11-7-6-10(14)21-11/h3-7H,2H2,1H3,(H,15,16). The molecular weight excluding hydrogens is 364 g/mol. The van der Waals surface area contributed by atoms with E-state index in [0.717, 1.165) is 16.0 Å². The molecular formula is C13H11ClN2O3S3. The van der Waals surface area contributed by atoms with E-state index < -0.39 is 10.0 Å². The molecule has 0 saturated heterocycles. The molecule has 116 valence electrons. The fourth-order valence-corrected chi connectivity index (χ4v) is 5.45. The van der Waals surface area contributed by atoms with E-state index in [9.17, 15) is 8.42 Å². The third-order valence-electron chi connectivity index (χ3n) is 2.72. The zero-order valence-corrected chi connectivity index (χ0v) is 14.6. The van der Waals surface area contributed by atoms with Gasteiger partial charge in [-0.2, -0.15) is 0 Å². The first-order valence-electron chi connectivity index (χ1n) is 6.30. The molecule has 0 fully saturated rings. The van der Waals surface area contributed by atoms with Crippen molar-refractivity contribution < 1.29 is 13.2 Å². The molecule has 0 aliphatic carbocycles. The highest BCUT2D eigenvalue weighted by atomic mass is 35.5. The van der Waals surface area contributed by atoms with Gasteiger partial charge in [-0.25, -0.2) is 13.4 Å². The number of thiophene rings is 1. The van der Waals surface area contributed by atoms with Crippen molar-refractivity contribution in [1.82, 2.24) is 4.98 Å². The number of hydrogen-bond donors (Lipinski definition) is 1. The van der Waals surface area contributed by atoms with Crippen molar-refractivity contribution in [2.45, 2.75) is 11.1 Å². The van der Waals surface area contributed by atoms with Gasteiger partial charge in [0.25, 0.3) is 10.0 Å². The van der Waals surface area contributed by atoms with Crippen LogP contribution in [-0.2, 0) is 10.0 Å². The van der Waals surface area contributed by atoms with Crippen molar-refractivity contribution in [2.75, 3.05) is 11.3 Å². The summed E-state index contributed by atoms with van der Waals surface area (Å²) in [5.74, 6) is 0.640. The van der Waals surface area contributed by atoms with Crippen LogP contribution in [-0.4, -0.2) is 20.0 Å². The smallest absolute Gasteiger partial charge is 0.273 e. The van der Waals surface area contributed by atoms with Gasteiger partial charge in [-0.1, -0.05) is 29.0 Å². The molecule has 0 aliphatic heterocycles. The molecule has 0 amide bonds. The minimum atomic E-state index is -3.67. The molecule has 0 saturated carbocycles. The SMILES string of the molecule is CCOc1cccc2sc(NS(=O)(=O)c3ccc(Cl)s3)nc12. The topological polar surface area (TPSA) is 68.3 Å². The summed E-state index contributed by atoms with van der Waals surface area (Å²) in [4.78, 5) is 4.32. The highest BCUT2D eigenvalue weighted by Crippen LogP contribution is 2.34. The van der Waals surface area contributed by atoms with Crippen molar-refractivity contribution in [3.8, 4) is 5.75 Å². The minimum absolute atomic E-state index is 0.154. The van der Waals surface area contributed by atoms with E-state index in [0.29, 0.717) is 27.3 Å². The summed E-state index contributed by atoms with van der Waals surface area (Å²) in [5, 5.41) is 0.298. The van der Waals surface area contributed by atoms with Gasteiger partial charge in [0, 0.05) is 0 Å². The largest absolute Gasteiger partial charge is 0.492 e. The number of aromatic nitrogens is 1. The predicted octanol–water partition coefficient (Wildman–Crippen LogP) is 4.21. The maximum absolute atomic E-state index is 12.3. The first kappa shape index (κ1) is 15.5. The molecule has 22 heavy (non-hydrogen) atoms. The molecule has 1 N–H and O–H groups in total. The van der Waals surface area contributed by atoms with E-state index in [1.54, 1.807) is 6.07 Å². The molecule has 9 heteroatoms. The number of anilines is 1. The summed E-state index contributed by atoms with van der Waals surface area (Å²) < 4.78 is 34.0. The summed E-state index contributed by atoms with van der Waals surface area (Å²) in [7, 11) is -3.67. The fraction of sp³-hybridized carbons (Fsp3) is 0.154. The predicted molar refractivity (Wildman–Crippen MR) is 90.9 cm³/mol. The first-order chi connectivity index (χ1) is 10.5. The number of para-hydroxylation sites is 1. The second-order valence-electron chi connectivity index (χ2n) is 4.22. The fourth-order valence-electron chi connectivity index (χ4n) is 1.85. The molecule has 0 unspecified atom stereocenters. The van der Waals surface area contributed by atoms with Crippen molar-refractivity contribution in [1.29, 1.82) is 0 Å². The van der Waals surface area contributed by atoms with Crippen LogP contribution in [0, 0.1) is 0 Å². The van der Waals surface area contributed by atoms with Gasteiger partial charge >= 0.3 is 0 Å². The van der Waals surface area contributed by atoms with Gasteiger partial charge in [0.2, 0.25) is 0 Å². The van der Waals surface area contributed by atoms with Crippen molar-refractivity contribution in [2.24, 2.45) is 0 Å². The van der Waals surface area contributed by atoms with Crippen LogP contribution in [0.1, 0.15) is 6.92 Å². The lowest BCUT2D eigenvalue weighted by molar-refractivity contribution is 0.344.